The molecule has 3 N–H and O–H groups in total. The van der Waals surface area contributed by atoms with Gasteiger partial charge in [0.1, 0.15) is 17.4 Å². The molecule has 2 amide bonds. The molecule has 0 spiro atoms. The van der Waals surface area contributed by atoms with Crippen LogP contribution in [0, 0.1) is 12.8 Å². The van der Waals surface area contributed by atoms with Crippen LogP contribution in [0.15, 0.2) is 29.4 Å². The number of carbonyl (C=O) groups excluding carboxylic acids is 1. The quantitative estimate of drug-likeness (QED) is 0.805. The van der Waals surface area contributed by atoms with Crippen LogP contribution in [0.5, 0.6) is 0 Å². The number of nitrogens with one attached hydrogen (secondary N) is 1. The second-order valence-electron chi connectivity index (χ2n) is 7.55. The van der Waals surface area contributed by atoms with E-state index >= 15 is 0 Å². The van der Waals surface area contributed by atoms with Crippen molar-refractivity contribution < 1.29 is 14.3 Å². The minimum absolute atomic E-state index is 0.217. The fraction of sp³-hybridized carbons (Fsp3) is 0.579. The van der Waals surface area contributed by atoms with Crippen molar-refractivity contribution in [3.63, 3.8) is 0 Å². The molecule has 2 heterocycles. The fourth-order valence-corrected chi connectivity index (χ4v) is 4.00. The number of benzene rings is 1. The lowest BCUT2D eigenvalue weighted by atomic mass is 9.74. The van der Waals surface area contributed by atoms with E-state index in [0.29, 0.717) is 6.61 Å². The van der Waals surface area contributed by atoms with Gasteiger partial charge in [-0.3, -0.25) is 0 Å². The van der Waals surface area contributed by atoms with Crippen molar-refractivity contribution in [2.24, 2.45) is 16.8 Å². The molecule has 6 heteroatoms. The minimum Gasteiger partial charge on any atom is -0.364 e. The van der Waals surface area contributed by atoms with E-state index in [0.717, 1.165) is 24.1 Å². The van der Waals surface area contributed by atoms with E-state index in [1.165, 1.54) is 5.56 Å². The molecule has 2 aliphatic rings. The van der Waals surface area contributed by atoms with Crippen LogP contribution < -0.4 is 11.2 Å². The largest absolute Gasteiger partial charge is 0.364 e. The molecular weight excluding hydrogens is 318 g/mol. The molecule has 136 valence electrons. The van der Waals surface area contributed by atoms with Gasteiger partial charge in [-0.15, -0.1) is 0 Å². The van der Waals surface area contributed by atoms with Crippen LogP contribution in [-0.2, 0) is 16.1 Å². The van der Waals surface area contributed by atoms with Gasteiger partial charge in [-0.2, -0.15) is 5.10 Å². The summed E-state index contributed by atoms with van der Waals surface area (Å²) in [4.78, 5) is 11.2. The molecule has 1 aromatic carbocycles. The molecule has 3 atom stereocenters. The number of carbonyl (C=O) groups is 1. The molecule has 2 fully saturated rings. The Kier molecular flexibility index (Phi) is 4.60. The number of nitrogens with zero attached hydrogens (tertiary/aromatic N) is 1. The maximum Gasteiger partial charge on any atom is 0.332 e. The monoisotopic (exact) mass is 345 g/mol. The lowest BCUT2D eigenvalue weighted by molar-refractivity contribution is -0.0959. The Morgan fingerprint density at radius 2 is 2.16 bits per heavy atom. The third-order valence-electron chi connectivity index (χ3n) is 5.53. The number of nitrogens with two attached hydrogens (primary N) is 1. The molecule has 0 unspecified atom stereocenters. The van der Waals surface area contributed by atoms with Gasteiger partial charge in [-0.25, -0.2) is 10.2 Å². The first-order chi connectivity index (χ1) is 11.8. The average molecular weight is 345 g/mol. The molecule has 1 aromatic rings. The summed E-state index contributed by atoms with van der Waals surface area (Å²) in [6, 6.07) is 7.46. The Labute approximate surface area is 148 Å². The molecule has 0 aromatic heterocycles. The number of hydrogen-bond acceptors (Lipinski definition) is 4. The van der Waals surface area contributed by atoms with Crippen LogP contribution in [0.1, 0.15) is 44.7 Å². The highest BCUT2D eigenvalue weighted by molar-refractivity contribution is 6.01. The summed E-state index contributed by atoms with van der Waals surface area (Å²) in [7, 11) is 0. The molecule has 0 radical (unpaired) electrons. The van der Waals surface area contributed by atoms with Gasteiger partial charge in [-0.1, -0.05) is 38.1 Å². The maximum atomic E-state index is 11.2. The molecule has 2 bridgehead atoms. The second-order valence-corrected chi connectivity index (χ2v) is 7.55. The van der Waals surface area contributed by atoms with E-state index in [-0.39, 0.29) is 12.0 Å². The van der Waals surface area contributed by atoms with Crippen LogP contribution in [0.25, 0.3) is 0 Å². The van der Waals surface area contributed by atoms with E-state index < -0.39 is 17.2 Å². The van der Waals surface area contributed by atoms with E-state index in [1.54, 1.807) is 0 Å². The van der Waals surface area contributed by atoms with E-state index in [2.05, 4.69) is 50.4 Å². The average Bonchev–Trinajstić information content (AvgIpc) is 3.02. The summed E-state index contributed by atoms with van der Waals surface area (Å²) < 4.78 is 12.7. The number of primary amides is 1. The Morgan fingerprint density at radius 1 is 1.44 bits per heavy atom. The predicted octanol–water partition coefficient (Wildman–Crippen LogP) is 2.88. The number of hydrogen-bond donors (Lipinski definition) is 2. The lowest BCUT2D eigenvalue weighted by Crippen LogP contribution is -2.49. The number of fused-ring (bicyclic) bond motifs is 2. The van der Waals surface area contributed by atoms with Gasteiger partial charge < -0.3 is 15.2 Å². The zero-order chi connectivity index (χ0) is 18.2. The molecule has 2 aliphatic heterocycles. The number of aryl methyl sites for hydroxylation is 1. The molecule has 25 heavy (non-hydrogen) atoms. The molecule has 0 saturated carbocycles. The zero-order valence-corrected chi connectivity index (χ0v) is 15.3. The lowest BCUT2D eigenvalue weighted by Gasteiger charge is -2.33. The highest BCUT2D eigenvalue weighted by atomic mass is 16.6. The summed E-state index contributed by atoms with van der Waals surface area (Å²) in [6.07, 6.45) is 1.46. The van der Waals surface area contributed by atoms with Gasteiger partial charge in [0, 0.05) is 0 Å². The summed E-state index contributed by atoms with van der Waals surface area (Å²) in [5.41, 5.74) is 9.70. The standard InChI is InChI=1S/C19H27N3O3/c1-12(2)19-10-9-18(4,25-19)16(15(19)21-22-17(20)23)24-11-14-8-6-5-7-13(14)3/h5-8,12,16H,9-11H2,1-4H3,(H3,20,22,23)/t16-,18+,19+/m1/s1. The first kappa shape index (κ1) is 17.9. The Balaban J connectivity index is 1.89. The van der Waals surface area contributed by atoms with Crippen molar-refractivity contribution in [1.29, 1.82) is 0 Å². The normalized spacial score (nSPS) is 32.5. The number of urea groups is 1. The van der Waals surface area contributed by atoms with Crippen molar-refractivity contribution in [3.8, 4) is 0 Å². The third-order valence-corrected chi connectivity index (χ3v) is 5.53. The van der Waals surface area contributed by atoms with Gasteiger partial charge >= 0.3 is 6.03 Å². The number of rotatable bonds is 5. The minimum atomic E-state index is -0.683. The summed E-state index contributed by atoms with van der Waals surface area (Å²) in [5, 5.41) is 4.30. The highest BCUT2D eigenvalue weighted by Gasteiger charge is 2.65. The van der Waals surface area contributed by atoms with E-state index in [1.807, 2.05) is 12.1 Å². The van der Waals surface area contributed by atoms with Crippen molar-refractivity contribution in [3.05, 3.63) is 35.4 Å². The first-order valence-corrected chi connectivity index (χ1v) is 8.78. The van der Waals surface area contributed by atoms with Gasteiger partial charge in [0.2, 0.25) is 0 Å². The fourth-order valence-electron chi connectivity index (χ4n) is 4.00. The SMILES string of the molecule is Cc1ccccc1CO[C@@H]1C(=NNC(N)=O)[C@@]2(C(C)C)CC[C@]1(C)O2. The Hall–Kier alpha value is -1.92. The zero-order valence-electron chi connectivity index (χ0n) is 15.3. The molecule has 2 saturated heterocycles. The maximum absolute atomic E-state index is 11.2. The van der Waals surface area contributed by atoms with Gasteiger partial charge in [0.05, 0.1) is 12.2 Å². The van der Waals surface area contributed by atoms with Crippen LogP contribution in [0.4, 0.5) is 4.79 Å². The van der Waals surface area contributed by atoms with Crippen LogP contribution in [0.3, 0.4) is 0 Å². The topological polar surface area (TPSA) is 85.9 Å². The molecule has 6 nitrogen and oxygen atoms in total. The second kappa shape index (κ2) is 6.42. The van der Waals surface area contributed by atoms with Gasteiger partial charge in [0.25, 0.3) is 0 Å². The van der Waals surface area contributed by atoms with Crippen LogP contribution in [-0.4, -0.2) is 29.0 Å². The predicted molar refractivity (Wildman–Crippen MR) is 96.2 cm³/mol. The van der Waals surface area contributed by atoms with Crippen molar-refractivity contribution >= 4 is 11.7 Å². The number of hydrazone groups is 1. The molecule has 3 rings (SSSR count). The smallest absolute Gasteiger partial charge is 0.332 e. The Morgan fingerprint density at radius 3 is 2.80 bits per heavy atom. The third kappa shape index (κ3) is 3.04. The van der Waals surface area contributed by atoms with Crippen molar-refractivity contribution in [2.75, 3.05) is 0 Å². The van der Waals surface area contributed by atoms with E-state index in [9.17, 15) is 4.79 Å². The molecular formula is C19H27N3O3. The van der Waals surface area contributed by atoms with Crippen LogP contribution in [0.2, 0.25) is 0 Å². The van der Waals surface area contributed by atoms with Crippen molar-refractivity contribution in [1.82, 2.24) is 5.43 Å². The molecule has 0 aliphatic carbocycles. The summed E-state index contributed by atoms with van der Waals surface area (Å²) >= 11 is 0. The summed E-state index contributed by atoms with van der Waals surface area (Å²) in [5.74, 6) is 0.217. The van der Waals surface area contributed by atoms with Crippen molar-refractivity contribution in [2.45, 2.75) is 64.4 Å². The van der Waals surface area contributed by atoms with E-state index in [4.69, 9.17) is 15.2 Å². The first-order valence-electron chi connectivity index (χ1n) is 8.78. The van der Waals surface area contributed by atoms with Gasteiger partial charge in [0.15, 0.2) is 0 Å². The highest BCUT2D eigenvalue weighted by Crippen LogP contribution is 2.53. The number of ether oxygens (including phenoxy) is 2. The summed E-state index contributed by atoms with van der Waals surface area (Å²) in [6.45, 7) is 8.81. The van der Waals surface area contributed by atoms with Crippen LogP contribution >= 0.6 is 0 Å². The number of amides is 2. The Bertz CT molecular complexity index is 703. The van der Waals surface area contributed by atoms with Gasteiger partial charge in [-0.05, 0) is 43.7 Å².